The summed E-state index contributed by atoms with van der Waals surface area (Å²) in [6, 6.07) is 4.22. The maximum Gasteiger partial charge on any atom is 0.419 e. The summed E-state index contributed by atoms with van der Waals surface area (Å²) in [5.41, 5.74) is -1.79. The van der Waals surface area contributed by atoms with Gasteiger partial charge >= 0.3 is 6.18 Å². The van der Waals surface area contributed by atoms with Gasteiger partial charge in [0.25, 0.3) is 0 Å². The first kappa shape index (κ1) is 13.7. The van der Waals surface area contributed by atoms with Gasteiger partial charge in [-0.2, -0.15) is 13.2 Å². The number of benzene rings is 1. The number of ketones is 1. The first-order valence-corrected chi connectivity index (χ1v) is 6.14. The molecule has 1 aromatic carbocycles. The van der Waals surface area contributed by atoms with Gasteiger partial charge in [0.1, 0.15) is 5.82 Å². The number of aryl methyl sites for hydroxylation is 1. The summed E-state index contributed by atoms with van der Waals surface area (Å²) in [4.78, 5) is 12.8. The molecular weight excluding hydrogens is 280 g/mol. The molecule has 2 aromatic rings. The van der Waals surface area contributed by atoms with Crippen LogP contribution in [-0.2, 0) is 6.18 Å². The van der Waals surface area contributed by atoms with E-state index in [1.807, 2.05) is 0 Å². The summed E-state index contributed by atoms with van der Waals surface area (Å²) >= 11 is 1.28. The highest BCUT2D eigenvalue weighted by molar-refractivity contribution is 7.10. The fourth-order valence-corrected chi connectivity index (χ4v) is 2.33. The van der Waals surface area contributed by atoms with Gasteiger partial charge in [-0.15, -0.1) is 11.3 Å². The van der Waals surface area contributed by atoms with Crippen molar-refractivity contribution in [2.45, 2.75) is 13.1 Å². The number of rotatable bonds is 2. The molecule has 0 atom stereocenters. The Bertz CT molecular complexity index is 628. The Kier molecular flexibility index (Phi) is 3.45. The number of carbonyl (C=O) groups excluding carboxylic acids is 1. The van der Waals surface area contributed by atoms with Crippen molar-refractivity contribution in [3.05, 3.63) is 57.0 Å². The van der Waals surface area contributed by atoms with Crippen LogP contribution in [0, 0.1) is 12.7 Å². The highest BCUT2D eigenvalue weighted by Gasteiger charge is 2.35. The molecule has 0 aliphatic rings. The van der Waals surface area contributed by atoms with E-state index in [0.29, 0.717) is 6.07 Å². The van der Waals surface area contributed by atoms with Crippen LogP contribution in [0.1, 0.15) is 26.4 Å². The van der Waals surface area contributed by atoms with Crippen molar-refractivity contribution >= 4 is 17.1 Å². The van der Waals surface area contributed by atoms with Gasteiger partial charge in [0.15, 0.2) is 5.78 Å². The predicted molar refractivity (Wildman–Crippen MR) is 63.9 cm³/mol. The zero-order valence-electron chi connectivity index (χ0n) is 9.72. The van der Waals surface area contributed by atoms with Crippen molar-refractivity contribution in [2.75, 3.05) is 0 Å². The van der Waals surface area contributed by atoms with Crippen molar-refractivity contribution in [3.63, 3.8) is 0 Å². The number of halogens is 4. The molecule has 0 saturated carbocycles. The Labute approximate surface area is 110 Å². The SMILES string of the molecule is Cc1cc(C(=O)c2cccc(C(F)(F)F)c2F)cs1. The maximum absolute atomic E-state index is 13.8. The van der Waals surface area contributed by atoms with Crippen molar-refractivity contribution in [2.24, 2.45) is 0 Å². The first-order chi connectivity index (χ1) is 8.80. The van der Waals surface area contributed by atoms with E-state index in [2.05, 4.69) is 0 Å². The molecule has 0 unspecified atom stereocenters. The molecule has 2 rings (SSSR count). The van der Waals surface area contributed by atoms with Crippen LogP contribution in [0.15, 0.2) is 29.6 Å². The van der Waals surface area contributed by atoms with Gasteiger partial charge in [-0.3, -0.25) is 4.79 Å². The van der Waals surface area contributed by atoms with Crippen LogP contribution in [-0.4, -0.2) is 5.78 Å². The van der Waals surface area contributed by atoms with Gasteiger partial charge in [-0.25, -0.2) is 4.39 Å². The Morgan fingerprint density at radius 1 is 1.26 bits per heavy atom. The standard InChI is InChI=1S/C13H8F4OS/c1-7-5-8(6-19-7)12(18)9-3-2-4-10(11(9)14)13(15,16)17/h2-6H,1H3. The lowest BCUT2D eigenvalue weighted by Gasteiger charge is -2.10. The van der Waals surface area contributed by atoms with Crippen LogP contribution in [0.3, 0.4) is 0 Å². The number of thiophene rings is 1. The van der Waals surface area contributed by atoms with Gasteiger partial charge < -0.3 is 0 Å². The normalized spacial score (nSPS) is 11.6. The van der Waals surface area contributed by atoms with E-state index in [-0.39, 0.29) is 5.56 Å². The van der Waals surface area contributed by atoms with Crippen LogP contribution < -0.4 is 0 Å². The summed E-state index contributed by atoms with van der Waals surface area (Å²) < 4.78 is 51.4. The lowest BCUT2D eigenvalue weighted by Crippen LogP contribution is -2.12. The highest BCUT2D eigenvalue weighted by Crippen LogP contribution is 2.33. The third-order valence-electron chi connectivity index (χ3n) is 2.54. The molecule has 6 heteroatoms. The molecule has 0 saturated heterocycles. The summed E-state index contributed by atoms with van der Waals surface area (Å²) in [5, 5.41) is 1.50. The van der Waals surface area contributed by atoms with E-state index in [9.17, 15) is 22.4 Å². The minimum absolute atomic E-state index is 0.195. The Hall–Kier alpha value is -1.69. The van der Waals surface area contributed by atoms with E-state index in [1.54, 1.807) is 6.92 Å². The quantitative estimate of drug-likeness (QED) is 0.589. The van der Waals surface area contributed by atoms with E-state index >= 15 is 0 Å². The van der Waals surface area contributed by atoms with E-state index in [4.69, 9.17) is 0 Å². The Morgan fingerprint density at radius 2 is 1.95 bits per heavy atom. The van der Waals surface area contributed by atoms with Gasteiger partial charge in [-0.05, 0) is 25.1 Å². The number of alkyl halides is 3. The number of hydrogen-bond donors (Lipinski definition) is 0. The monoisotopic (exact) mass is 288 g/mol. The smallest absolute Gasteiger partial charge is 0.288 e. The average molecular weight is 288 g/mol. The molecule has 0 radical (unpaired) electrons. The van der Waals surface area contributed by atoms with E-state index in [1.165, 1.54) is 22.8 Å². The van der Waals surface area contributed by atoms with E-state index in [0.717, 1.165) is 17.0 Å². The third-order valence-corrected chi connectivity index (χ3v) is 3.40. The minimum Gasteiger partial charge on any atom is -0.288 e. The summed E-state index contributed by atoms with van der Waals surface area (Å²) in [6.45, 7) is 1.75. The average Bonchev–Trinajstić information content (AvgIpc) is 2.74. The molecule has 0 fully saturated rings. The molecule has 0 aliphatic heterocycles. The molecule has 0 N–H and O–H groups in total. The van der Waals surface area contributed by atoms with Crippen molar-refractivity contribution < 1.29 is 22.4 Å². The Morgan fingerprint density at radius 3 is 2.47 bits per heavy atom. The zero-order chi connectivity index (χ0) is 14.2. The molecule has 0 aliphatic carbocycles. The zero-order valence-corrected chi connectivity index (χ0v) is 10.5. The molecule has 0 bridgehead atoms. The molecule has 1 heterocycles. The number of hydrogen-bond acceptors (Lipinski definition) is 2. The highest BCUT2D eigenvalue weighted by atomic mass is 32.1. The van der Waals surface area contributed by atoms with Crippen molar-refractivity contribution in [3.8, 4) is 0 Å². The van der Waals surface area contributed by atoms with Crippen LogP contribution in [0.2, 0.25) is 0 Å². The van der Waals surface area contributed by atoms with Crippen molar-refractivity contribution in [1.82, 2.24) is 0 Å². The van der Waals surface area contributed by atoms with Gasteiger partial charge in [0, 0.05) is 15.8 Å². The fraction of sp³-hybridized carbons (Fsp3) is 0.154. The fourth-order valence-electron chi connectivity index (χ4n) is 1.64. The summed E-state index contributed by atoms with van der Waals surface area (Å²) in [7, 11) is 0. The van der Waals surface area contributed by atoms with E-state index < -0.39 is 28.9 Å². The molecule has 100 valence electrons. The summed E-state index contributed by atoms with van der Waals surface area (Å²) in [6.07, 6.45) is -4.81. The van der Waals surface area contributed by atoms with Crippen LogP contribution in [0.5, 0.6) is 0 Å². The lowest BCUT2D eigenvalue weighted by atomic mass is 10.0. The minimum atomic E-state index is -4.81. The number of carbonyl (C=O) groups is 1. The predicted octanol–water partition coefficient (Wildman–Crippen LogP) is 4.45. The largest absolute Gasteiger partial charge is 0.419 e. The Balaban J connectivity index is 2.49. The second kappa shape index (κ2) is 4.77. The van der Waals surface area contributed by atoms with Crippen LogP contribution >= 0.6 is 11.3 Å². The molecular formula is C13H8F4OS. The van der Waals surface area contributed by atoms with Gasteiger partial charge in [0.05, 0.1) is 11.1 Å². The molecule has 1 nitrogen and oxygen atoms in total. The second-order valence-corrected chi connectivity index (χ2v) is 5.06. The van der Waals surface area contributed by atoms with Crippen LogP contribution in [0.4, 0.5) is 17.6 Å². The molecule has 1 aromatic heterocycles. The van der Waals surface area contributed by atoms with Gasteiger partial charge in [-0.1, -0.05) is 6.07 Å². The third kappa shape index (κ3) is 2.68. The van der Waals surface area contributed by atoms with Gasteiger partial charge in [0.2, 0.25) is 0 Å². The molecule has 0 amide bonds. The first-order valence-electron chi connectivity index (χ1n) is 5.26. The lowest BCUT2D eigenvalue weighted by molar-refractivity contribution is -0.140. The summed E-state index contributed by atoms with van der Waals surface area (Å²) in [5.74, 6) is -2.27. The topological polar surface area (TPSA) is 17.1 Å². The second-order valence-electron chi connectivity index (χ2n) is 3.94. The van der Waals surface area contributed by atoms with Crippen LogP contribution in [0.25, 0.3) is 0 Å². The molecule has 0 spiro atoms. The molecule has 19 heavy (non-hydrogen) atoms. The maximum atomic E-state index is 13.8. The van der Waals surface area contributed by atoms with Crippen molar-refractivity contribution in [1.29, 1.82) is 0 Å².